The van der Waals surface area contributed by atoms with Gasteiger partial charge in [-0.15, -0.1) is 0 Å². The van der Waals surface area contributed by atoms with Crippen molar-refractivity contribution in [2.75, 3.05) is 33.4 Å². The first kappa shape index (κ1) is 17.9. The molecule has 0 saturated heterocycles. The van der Waals surface area contributed by atoms with Crippen LogP contribution in [0.5, 0.6) is 0 Å². The van der Waals surface area contributed by atoms with Crippen LogP contribution in [0.25, 0.3) is 0 Å². The van der Waals surface area contributed by atoms with Crippen LogP contribution in [0.15, 0.2) is 0 Å². The van der Waals surface area contributed by atoms with Crippen molar-refractivity contribution in [3.05, 3.63) is 0 Å². The van der Waals surface area contributed by atoms with Crippen LogP contribution in [0.3, 0.4) is 0 Å². The zero-order valence-corrected chi connectivity index (χ0v) is 14.3. The maximum absolute atomic E-state index is 6.02. The van der Waals surface area contributed by atoms with Gasteiger partial charge in [0.1, 0.15) is 0 Å². The third kappa shape index (κ3) is 4.71. The summed E-state index contributed by atoms with van der Waals surface area (Å²) in [5, 5.41) is 0. The van der Waals surface area contributed by atoms with E-state index < -0.39 is 0 Å². The number of rotatable bonds is 8. The molecule has 3 heteroatoms. The molecule has 3 nitrogen and oxygen atoms in total. The zero-order chi connectivity index (χ0) is 15.2. The van der Waals surface area contributed by atoms with Gasteiger partial charge in [0.15, 0.2) is 0 Å². The fraction of sp³-hybridized carbons (Fsp3) is 1.00. The van der Waals surface area contributed by atoms with E-state index in [9.17, 15) is 0 Å². The van der Waals surface area contributed by atoms with Crippen molar-refractivity contribution >= 4 is 0 Å². The summed E-state index contributed by atoms with van der Waals surface area (Å²) < 4.78 is 5.51. The molecule has 3 unspecified atom stereocenters. The maximum Gasteiger partial charge on any atom is 0.0593 e. The summed E-state index contributed by atoms with van der Waals surface area (Å²) in [6, 6.07) is 0.630. The van der Waals surface area contributed by atoms with E-state index in [2.05, 4.69) is 39.6 Å². The van der Waals surface area contributed by atoms with Crippen molar-refractivity contribution in [3.63, 3.8) is 0 Å². The minimum Gasteiger partial charge on any atom is -0.380 e. The molecule has 1 fully saturated rings. The Bertz CT molecular complexity index is 268. The van der Waals surface area contributed by atoms with Gasteiger partial charge in [0.25, 0.3) is 0 Å². The Labute approximate surface area is 126 Å². The Morgan fingerprint density at radius 2 is 1.95 bits per heavy atom. The molecule has 2 N–H and O–H groups in total. The molecule has 0 spiro atoms. The molecule has 1 aliphatic rings. The highest BCUT2D eigenvalue weighted by Gasteiger charge is 2.38. The van der Waals surface area contributed by atoms with E-state index in [1.807, 2.05) is 0 Å². The molecule has 0 aliphatic heterocycles. The molecular formula is C17H36N2O. The summed E-state index contributed by atoms with van der Waals surface area (Å²) in [5.74, 6) is 1.49. The van der Waals surface area contributed by atoms with Gasteiger partial charge in [-0.05, 0) is 57.0 Å². The fourth-order valence-electron chi connectivity index (χ4n) is 3.54. The smallest absolute Gasteiger partial charge is 0.0593 e. The first-order valence-electron chi connectivity index (χ1n) is 8.44. The Balaban J connectivity index is 2.63. The van der Waals surface area contributed by atoms with Gasteiger partial charge in [-0.25, -0.2) is 0 Å². The van der Waals surface area contributed by atoms with Gasteiger partial charge < -0.3 is 15.4 Å². The topological polar surface area (TPSA) is 38.5 Å². The Morgan fingerprint density at radius 1 is 1.25 bits per heavy atom. The fourth-order valence-corrected chi connectivity index (χ4v) is 3.54. The summed E-state index contributed by atoms with van der Waals surface area (Å²) >= 11 is 0. The average Bonchev–Trinajstić information content (AvgIpc) is 2.46. The lowest BCUT2D eigenvalue weighted by molar-refractivity contribution is 0.0333. The van der Waals surface area contributed by atoms with E-state index >= 15 is 0 Å². The third-order valence-electron chi connectivity index (χ3n) is 5.63. The van der Waals surface area contributed by atoms with Crippen molar-refractivity contribution in [3.8, 4) is 0 Å². The normalized spacial score (nSPS) is 28.1. The number of hydrogen-bond donors (Lipinski definition) is 1. The monoisotopic (exact) mass is 284 g/mol. The van der Waals surface area contributed by atoms with E-state index in [0.29, 0.717) is 17.4 Å². The molecule has 0 radical (unpaired) electrons. The molecule has 0 aromatic heterocycles. The van der Waals surface area contributed by atoms with Gasteiger partial charge >= 0.3 is 0 Å². The van der Waals surface area contributed by atoms with E-state index in [1.54, 1.807) is 0 Å². The van der Waals surface area contributed by atoms with Crippen LogP contribution in [0, 0.1) is 17.3 Å². The van der Waals surface area contributed by atoms with Crippen LogP contribution in [0.1, 0.15) is 53.4 Å². The molecule has 0 bridgehead atoms. The SMILES string of the molecule is CCOCCN(C)C1CC(C(C)(C)CC)CCC1CN. The second-order valence-electron chi connectivity index (χ2n) is 7.09. The highest BCUT2D eigenvalue weighted by atomic mass is 16.5. The Morgan fingerprint density at radius 3 is 2.50 bits per heavy atom. The van der Waals surface area contributed by atoms with E-state index in [1.165, 1.54) is 25.7 Å². The molecule has 0 aromatic carbocycles. The van der Waals surface area contributed by atoms with E-state index in [0.717, 1.165) is 32.2 Å². The second kappa shape index (κ2) is 8.35. The van der Waals surface area contributed by atoms with Crippen molar-refractivity contribution in [1.29, 1.82) is 0 Å². The minimum atomic E-state index is 0.457. The van der Waals surface area contributed by atoms with Crippen LogP contribution in [0.2, 0.25) is 0 Å². The van der Waals surface area contributed by atoms with Gasteiger partial charge in [-0.2, -0.15) is 0 Å². The number of hydrogen-bond acceptors (Lipinski definition) is 3. The molecule has 1 saturated carbocycles. The molecular weight excluding hydrogens is 248 g/mol. The summed E-state index contributed by atoms with van der Waals surface area (Å²) in [6.45, 7) is 12.7. The summed E-state index contributed by atoms with van der Waals surface area (Å²) in [5.41, 5.74) is 6.47. The zero-order valence-electron chi connectivity index (χ0n) is 14.3. The van der Waals surface area contributed by atoms with Gasteiger partial charge in [-0.1, -0.05) is 27.2 Å². The van der Waals surface area contributed by atoms with Crippen molar-refractivity contribution < 1.29 is 4.74 Å². The Hall–Kier alpha value is -0.120. The van der Waals surface area contributed by atoms with Gasteiger partial charge in [0.05, 0.1) is 6.61 Å². The van der Waals surface area contributed by atoms with Crippen molar-refractivity contribution in [1.82, 2.24) is 4.90 Å². The predicted octanol–water partition coefficient (Wildman–Crippen LogP) is 3.13. The van der Waals surface area contributed by atoms with Crippen LogP contribution in [-0.2, 0) is 4.74 Å². The maximum atomic E-state index is 6.02. The molecule has 20 heavy (non-hydrogen) atoms. The van der Waals surface area contributed by atoms with Crippen molar-refractivity contribution in [2.45, 2.75) is 59.4 Å². The second-order valence-corrected chi connectivity index (χ2v) is 7.09. The molecule has 1 rings (SSSR count). The largest absolute Gasteiger partial charge is 0.380 e. The lowest BCUT2D eigenvalue weighted by Crippen LogP contribution is -2.48. The van der Waals surface area contributed by atoms with Gasteiger partial charge in [-0.3, -0.25) is 0 Å². The predicted molar refractivity (Wildman–Crippen MR) is 86.9 cm³/mol. The standard InChI is InChI=1S/C17H36N2O/c1-6-17(3,4)15-9-8-14(13-18)16(12-15)19(5)10-11-20-7-2/h14-16H,6-13,18H2,1-5H3. The number of likely N-dealkylation sites (N-methyl/N-ethyl adjacent to an activating group) is 1. The lowest BCUT2D eigenvalue weighted by atomic mass is 9.65. The van der Waals surface area contributed by atoms with Crippen molar-refractivity contribution in [2.24, 2.45) is 23.0 Å². The minimum absolute atomic E-state index is 0.457. The van der Waals surface area contributed by atoms with Gasteiger partial charge in [0, 0.05) is 19.2 Å². The highest BCUT2D eigenvalue weighted by Crippen LogP contribution is 2.43. The number of ether oxygens (including phenoxy) is 1. The van der Waals surface area contributed by atoms with Gasteiger partial charge in [0.2, 0.25) is 0 Å². The molecule has 0 heterocycles. The molecule has 3 atom stereocenters. The summed E-state index contributed by atoms with van der Waals surface area (Å²) in [7, 11) is 2.24. The summed E-state index contributed by atoms with van der Waals surface area (Å²) in [6.07, 6.45) is 5.19. The lowest BCUT2D eigenvalue weighted by Gasteiger charge is -2.46. The van der Waals surface area contributed by atoms with Crippen LogP contribution >= 0.6 is 0 Å². The van der Waals surface area contributed by atoms with E-state index in [-0.39, 0.29) is 0 Å². The number of nitrogens with zero attached hydrogens (tertiary/aromatic N) is 1. The number of nitrogens with two attached hydrogens (primary N) is 1. The first-order chi connectivity index (χ1) is 9.46. The average molecular weight is 284 g/mol. The molecule has 1 aliphatic carbocycles. The summed E-state index contributed by atoms with van der Waals surface area (Å²) in [4.78, 5) is 2.49. The van der Waals surface area contributed by atoms with Crippen LogP contribution in [0.4, 0.5) is 0 Å². The molecule has 120 valence electrons. The van der Waals surface area contributed by atoms with E-state index in [4.69, 9.17) is 10.5 Å². The molecule has 0 amide bonds. The van der Waals surface area contributed by atoms with Crippen LogP contribution in [-0.4, -0.2) is 44.3 Å². The Kier molecular flexibility index (Phi) is 7.49. The quantitative estimate of drug-likeness (QED) is 0.696. The molecule has 0 aromatic rings. The first-order valence-corrected chi connectivity index (χ1v) is 8.44. The highest BCUT2D eigenvalue weighted by molar-refractivity contribution is 4.91. The van der Waals surface area contributed by atoms with Crippen LogP contribution < -0.4 is 5.73 Å². The third-order valence-corrected chi connectivity index (χ3v) is 5.63.